The SMILES string of the molecule is [2H]OC(=O)C(Cc1ccccc1)[C@@H]1NC(=O)[C@H](CC(=O)N2CCN(c3ccccc3)CC2)NC(=O)[C@@H](C(Cc2ccccc2)C(=O)O)NC(=O)[C@H](Cc2c[nH]c3ccccc23)NC(=O)[C@H](CC(C)C)N([2H])C(=O)C(c2cccs2)NC1=O. The minimum atomic E-state index is -2.05. The van der Waals surface area contributed by atoms with E-state index in [2.05, 4.69) is 41.6 Å². The summed E-state index contributed by atoms with van der Waals surface area (Å²) in [5.41, 5.74) is 3.00. The number of nitrogens with one attached hydrogen (secondary N) is 7. The maximum Gasteiger partial charge on any atom is 0.309 e. The molecule has 418 valence electrons. The summed E-state index contributed by atoms with van der Waals surface area (Å²) < 4.78 is 17.2. The smallest absolute Gasteiger partial charge is 0.309 e. The predicted octanol–water partition coefficient (Wildman–Crippen LogP) is 3.74. The van der Waals surface area contributed by atoms with E-state index in [0.717, 1.165) is 17.0 Å². The van der Waals surface area contributed by atoms with Gasteiger partial charge in [0.15, 0.2) is 1.41 Å². The van der Waals surface area contributed by atoms with Crippen LogP contribution in [-0.2, 0) is 62.4 Å². The molecule has 0 aliphatic carbocycles. The first-order valence-electron chi connectivity index (χ1n) is 27.3. The van der Waals surface area contributed by atoms with Crippen LogP contribution in [0.5, 0.6) is 0 Å². The number of piperazine rings is 1. The number of carboxylic acid groups (broad SMARTS) is 2. The molecule has 0 radical (unpaired) electrons. The van der Waals surface area contributed by atoms with Crippen molar-refractivity contribution in [2.75, 3.05) is 31.1 Å². The monoisotopic (exact) mass is 1110 g/mol. The van der Waals surface area contributed by atoms with E-state index in [1.807, 2.05) is 30.3 Å². The van der Waals surface area contributed by atoms with Gasteiger partial charge in [-0.1, -0.05) is 117 Å². The van der Waals surface area contributed by atoms with Crippen LogP contribution in [0.15, 0.2) is 139 Å². The standard InChI is InChI=1S/C59H65N9O11S/c1-35(2)29-44-52(70)61-45(32-38-34-60-43-22-13-12-21-40(38)43)53(71)64-49(41(58(76)77)30-36-15-6-3-7-16-36)55(73)63-46(33-48(69)68-26-24-67(25-27-68)39-19-10-5-11-20-39)54(72)65-50(42(59(78)79)31-37-17-8-4-9-18-37)56(74)66-51(57(75)62-44)47-23-14-28-80-47/h3-23,28,34-35,41-42,44-46,49-51,60H,24-27,29-33H2,1-2H3,(H,61,70)(H,62,75)(H,63,73)(H,64,71)(H,65,72)(H,66,74)(H,76,77)(H,78,79)/t41?,42?,44-,45-,46-,49+,50-,51?/m0/s1/i/hD2. The van der Waals surface area contributed by atoms with Crippen molar-refractivity contribution in [1.82, 2.24) is 41.8 Å². The van der Waals surface area contributed by atoms with Crippen molar-refractivity contribution in [3.05, 3.63) is 161 Å². The molecule has 20 nitrogen and oxygen atoms in total. The highest BCUT2D eigenvalue weighted by molar-refractivity contribution is 7.10. The number of aromatic amines is 1. The number of anilines is 1. The Bertz CT molecular complexity index is 3220. The lowest BCUT2D eigenvalue weighted by molar-refractivity contribution is -0.148. The van der Waals surface area contributed by atoms with Gasteiger partial charge in [-0.05, 0) is 71.5 Å². The fourth-order valence-electron chi connectivity index (χ4n) is 10.1. The number of carbonyl (C=O) groups excluding carboxylic acids is 7. The van der Waals surface area contributed by atoms with Gasteiger partial charge < -0.3 is 56.9 Å². The lowest BCUT2D eigenvalue weighted by Crippen LogP contribution is -2.64. The molecule has 0 saturated carbocycles. The molecular formula is C59H65N9O11S. The van der Waals surface area contributed by atoms with Gasteiger partial charge in [0.1, 0.15) is 36.3 Å². The molecule has 8 rings (SSSR count). The molecule has 2 aliphatic rings. The van der Waals surface area contributed by atoms with Crippen LogP contribution in [0.2, 0.25) is 1.41 Å². The first kappa shape index (κ1) is 54.5. The summed E-state index contributed by atoms with van der Waals surface area (Å²) in [6.07, 6.45) is -0.270. The largest absolute Gasteiger partial charge is 0.481 e. The number of hydrogen-bond acceptors (Lipinski definition) is 12. The average Bonchev–Trinajstić information content (AvgIpc) is 4.29. The van der Waals surface area contributed by atoms with Gasteiger partial charge in [-0.2, -0.15) is 0 Å². The predicted molar refractivity (Wildman–Crippen MR) is 299 cm³/mol. The number of aromatic nitrogens is 1. The van der Waals surface area contributed by atoms with Gasteiger partial charge in [0.05, 0.1) is 18.3 Å². The molecule has 2 aromatic heterocycles. The van der Waals surface area contributed by atoms with Gasteiger partial charge in [0, 0.05) is 60.3 Å². The quantitative estimate of drug-likeness (QED) is 0.0671. The second kappa shape index (κ2) is 26.7. The Morgan fingerprint density at radius 1 is 0.625 bits per heavy atom. The third-order valence-corrected chi connectivity index (χ3v) is 15.3. The van der Waals surface area contributed by atoms with E-state index in [1.165, 1.54) is 11.0 Å². The van der Waals surface area contributed by atoms with Crippen LogP contribution in [0.3, 0.4) is 0 Å². The average molecular weight is 1110 g/mol. The molecule has 7 amide bonds. The van der Waals surface area contributed by atoms with Crippen molar-refractivity contribution in [3.8, 4) is 0 Å². The number of carbonyl (C=O) groups is 9. The zero-order chi connectivity index (χ0) is 58.5. The number of fused-ring (bicyclic) bond motifs is 1. The van der Waals surface area contributed by atoms with E-state index in [9.17, 15) is 30.5 Å². The molecule has 2 aliphatic heterocycles. The van der Waals surface area contributed by atoms with Crippen molar-refractivity contribution in [3.63, 3.8) is 0 Å². The maximum atomic E-state index is 15.3. The zero-order valence-corrected chi connectivity index (χ0v) is 44.9. The molecule has 3 unspecified atom stereocenters. The number of para-hydroxylation sites is 2. The molecule has 4 aromatic carbocycles. The molecule has 2 saturated heterocycles. The Balaban J connectivity index is 1.26. The zero-order valence-electron chi connectivity index (χ0n) is 46.1. The Labute approximate surface area is 469 Å². The summed E-state index contributed by atoms with van der Waals surface area (Å²) >= 11 is 1.02. The summed E-state index contributed by atoms with van der Waals surface area (Å²) in [6, 6.07) is 25.1. The molecule has 21 heteroatoms. The summed E-state index contributed by atoms with van der Waals surface area (Å²) in [4.78, 5) is 140. The highest BCUT2D eigenvalue weighted by Gasteiger charge is 2.43. The second-order valence-electron chi connectivity index (χ2n) is 20.4. The number of rotatable bonds is 16. The third kappa shape index (κ3) is 14.6. The van der Waals surface area contributed by atoms with Crippen molar-refractivity contribution in [1.29, 1.82) is 1.43 Å². The second-order valence-corrected chi connectivity index (χ2v) is 21.4. The Kier molecular flexibility index (Phi) is 18.2. The molecule has 80 heavy (non-hydrogen) atoms. The lowest BCUT2D eigenvalue weighted by Gasteiger charge is -2.37. The fourth-order valence-corrected chi connectivity index (χ4v) is 10.9. The first-order valence-corrected chi connectivity index (χ1v) is 27.3. The number of nitrogens with zero attached hydrogens (tertiary/aromatic N) is 2. The molecule has 6 aromatic rings. The molecule has 9 N–H and O–H groups in total. The van der Waals surface area contributed by atoms with Crippen LogP contribution >= 0.6 is 11.3 Å². The number of aliphatic carboxylic acids is 2. The number of amides is 7. The van der Waals surface area contributed by atoms with Crippen molar-refractivity contribution in [2.45, 2.75) is 82.2 Å². The van der Waals surface area contributed by atoms with Crippen molar-refractivity contribution in [2.24, 2.45) is 17.8 Å². The van der Waals surface area contributed by atoms with E-state index in [-0.39, 0.29) is 49.6 Å². The fraction of sp³-hybridized carbons (Fsp3) is 0.339. The third-order valence-electron chi connectivity index (χ3n) is 14.3. The van der Waals surface area contributed by atoms with Gasteiger partial charge in [0.25, 0.3) is 1.43 Å². The molecule has 0 spiro atoms. The number of H-pyrrole nitrogens is 1. The summed E-state index contributed by atoms with van der Waals surface area (Å²) in [7, 11) is 0. The summed E-state index contributed by atoms with van der Waals surface area (Å²) in [5, 5.41) is 31.2. The maximum absolute atomic E-state index is 15.3. The number of carboxylic acids is 2. The molecule has 8 atom stereocenters. The van der Waals surface area contributed by atoms with Crippen molar-refractivity contribution < 1.29 is 54.8 Å². The van der Waals surface area contributed by atoms with Crippen molar-refractivity contribution >= 4 is 81.2 Å². The van der Waals surface area contributed by atoms with E-state index in [4.69, 9.17) is 1.43 Å². The van der Waals surface area contributed by atoms with E-state index >= 15 is 19.2 Å². The van der Waals surface area contributed by atoms with Crippen LogP contribution in [0.4, 0.5) is 5.69 Å². The van der Waals surface area contributed by atoms with E-state index in [1.54, 1.807) is 116 Å². The van der Waals surface area contributed by atoms with E-state index < -0.39 is 108 Å². The number of benzene rings is 4. The van der Waals surface area contributed by atoms with Crippen LogP contribution in [-0.4, -0.2) is 130 Å². The minimum absolute atomic E-state index is 0.146. The highest BCUT2D eigenvalue weighted by Crippen LogP contribution is 2.25. The first-order chi connectivity index (χ1) is 39.5. The van der Waals surface area contributed by atoms with Crippen LogP contribution in [0.25, 0.3) is 12.3 Å². The van der Waals surface area contributed by atoms with Crippen LogP contribution in [0.1, 0.15) is 54.3 Å². The van der Waals surface area contributed by atoms with Crippen LogP contribution in [0, 0.1) is 17.8 Å². The van der Waals surface area contributed by atoms with Gasteiger partial charge in [-0.3, -0.25) is 43.2 Å². The number of hydrogen-bond donors (Lipinski definition) is 9. The number of thiophene rings is 1. The highest BCUT2D eigenvalue weighted by atomic mass is 32.1. The Morgan fingerprint density at radius 3 is 1.76 bits per heavy atom. The molecule has 4 heterocycles. The minimum Gasteiger partial charge on any atom is -0.481 e. The summed E-state index contributed by atoms with van der Waals surface area (Å²) in [5.74, 6) is -14.2. The molecule has 2 fully saturated rings. The Morgan fingerprint density at radius 2 is 1.18 bits per heavy atom. The molecular weight excluding hydrogens is 1040 g/mol. The van der Waals surface area contributed by atoms with Gasteiger partial charge in [0.2, 0.25) is 41.4 Å². The van der Waals surface area contributed by atoms with Gasteiger partial charge in [-0.15, -0.1) is 11.3 Å². The topological polar surface area (TPSA) is 289 Å². The normalized spacial score (nSPS) is 22.1. The van der Waals surface area contributed by atoms with E-state index in [0.29, 0.717) is 46.0 Å². The molecule has 0 bridgehead atoms. The Hall–Kier alpha value is -8.85. The lowest BCUT2D eigenvalue weighted by atomic mass is 9.90. The van der Waals surface area contributed by atoms with Gasteiger partial charge >= 0.3 is 11.9 Å². The van der Waals surface area contributed by atoms with Crippen LogP contribution < -0.4 is 36.8 Å². The van der Waals surface area contributed by atoms with Gasteiger partial charge in [-0.25, -0.2) is 0 Å². The summed E-state index contributed by atoms with van der Waals surface area (Å²) in [6.45, 7) is 4.62.